The molecule has 96 valence electrons. The first-order chi connectivity index (χ1) is 7.92. The topological polar surface area (TPSA) is 59.1 Å². The molecule has 17 heavy (non-hydrogen) atoms. The molecule has 0 amide bonds. The Morgan fingerprint density at radius 2 is 2.24 bits per heavy atom. The number of aromatic nitrogens is 1. The van der Waals surface area contributed by atoms with E-state index in [2.05, 4.69) is 17.2 Å². The molecule has 1 aromatic rings. The highest BCUT2D eigenvalue weighted by atomic mass is 32.2. The summed E-state index contributed by atoms with van der Waals surface area (Å²) >= 11 is 1.62. The average Bonchev–Trinajstić information content (AvgIpc) is 2.80. The Hall–Kier alpha value is -0.460. The van der Waals surface area contributed by atoms with Gasteiger partial charge in [0.1, 0.15) is 5.01 Å². The molecule has 1 atom stereocenters. The van der Waals surface area contributed by atoms with Gasteiger partial charge < -0.3 is 5.32 Å². The number of hydrogen-bond donors (Lipinski definition) is 1. The smallest absolute Gasteiger partial charge is 0.152 e. The molecular formula is C11H18N2O2S2. The highest BCUT2D eigenvalue weighted by Crippen LogP contribution is 2.36. The van der Waals surface area contributed by atoms with Gasteiger partial charge in [-0.1, -0.05) is 6.92 Å². The molecule has 1 unspecified atom stereocenters. The maximum Gasteiger partial charge on any atom is 0.152 e. The second-order valence-corrected chi connectivity index (χ2v) is 7.94. The van der Waals surface area contributed by atoms with Crippen molar-refractivity contribution in [3.63, 3.8) is 0 Å². The molecule has 2 heterocycles. The van der Waals surface area contributed by atoms with Gasteiger partial charge in [0, 0.05) is 4.88 Å². The minimum absolute atomic E-state index is 0.173. The van der Waals surface area contributed by atoms with E-state index in [1.807, 2.05) is 14.0 Å². The largest absolute Gasteiger partial charge is 0.308 e. The minimum Gasteiger partial charge on any atom is -0.308 e. The number of hydrogen-bond acceptors (Lipinski definition) is 5. The van der Waals surface area contributed by atoms with E-state index < -0.39 is 15.4 Å². The lowest BCUT2D eigenvalue weighted by Crippen LogP contribution is -2.41. The molecule has 4 nitrogen and oxygen atoms in total. The van der Waals surface area contributed by atoms with Gasteiger partial charge in [-0.25, -0.2) is 13.4 Å². The predicted octanol–water partition coefficient (Wildman–Crippen LogP) is 1.25. The standard InChI is InChI=1S/C11H18N2O2S2/c1-4-9-8(2)16-10(13-9)11(12-3)5-6-17(14,15)7-11/h12H,4-7H2,1-3H3. The van der Waals surface area contributed by atoms with Crippen LogP contribution in [0.3, 0.4) is 0 Å². The van der Waals surface area contributed by atoms with Crippen LogP contribution in [0.1, 0.15) is 28.9 Å². The first-order valence-corrected chi connectivity index (χ1v) is 8.42. The highest BCUT2D eigenvalue weighted by molar-refractivity contribution is 7.91. The van der Waals surface area contributed by atoms with Gasteiger partial charge in [0.25, 0.3) is 0 Å². The maximum absolute atomic E-state index is 11.7. The van der Waals surface area contributed by atoms with Gasteiger partial charge in [0.05, 0.1) is 22.7 Å². The zero-order valence-corrected chi connectivity index (χ0v) is 12.0. The van der Waals surface area contributed by atoms with E-state index in [0.29, 0.717) is 6.42 Å². The second kappa shape index (κ2) is 4.33. The first kappa shape index (κ1) is 13.0. The normalized spacial score (nSPS) is 27.5. The highest BCUT2D eigenvalue weighted by Gasteiger charge is 2.44. The van der Waals surface area contributed by atoms with Gasteiger partial charge in [-0.05, 0) is 26.8 Å². The fourth-order valence-electron chi connectivity index (χ4n) is 2.28. The summed E-state index contributed by atoms with van der Waals surface area (Å²) in [4.78, 5) is 5.81. The molecule has 2 rings (SSSR count). The van der Waals surface area contributed by atoms with Crippen molar-refractivity contribution < 1.29 is 8.42 Å². The lowest BCUT2D eigenvalue weighted by Gasteiger charge is -2.24. The molecule has 0 spiro atoms. The van der Waals surface area contributed by atoms with Crippen LogP contribution in [0.5, 0.6) is 0 Å². The van der Waals surface area contributed by atoms with Crippen molar-refractivity contribution in [1.29, 1.82) is 0 Å². The van der Waals surface area contributed by atoms with E-state index in [9.17, 15) is 8.42 Å². The molecule has 1 saturated heterocycles. The number of rotatable bonds is 3. The fraction of sp³-hybridized carbons (Fsp3) is 0.727. The molecule has 1 aromatic heterocycles. The molecule has 0 saturated carbocycles. The molecule has 6 heteroatoms. The van der Waals surface area contributed by atoms with Crippen molar-refractivity contribution in [3.05, 3.63) is 15.6 Å². The summed E-state index contributed by atoms with van der Waals surface area (Å²) in [5.74, 6) is 0.431. The second-order valence-electron chi connectivity index (χ2n) is 4.55. The molecule has 1 fully saturated rings. The van der Waals surface area contributed by atoms with Crippen molar-refractivity contribution in [3.8, 4) is 0 Å². The third kappa shape index (κ3) is 2.26. The SMILES string of the molecule is CCc1nc(C2(NC)CCS(=O)(=O)C2)sc1C. The Morgan fingerprint density at radius 1 is 1.53 bits per heavy atom. The molecule has 1 aliphatic heterocycles. The zero-order chi connectivity index (χ0) is 12.7. The number of aryl methyl sites for hydroxylation is 2. The monoisotopic (exact) mass is 274 g/mol. The Balaban J connectivity index is 2.42. The van der Waals surface area contributed by atoms with E-state index in [4.69, 9.17) is 0 Å². The van der Waals surface area contributed by atoms with Crippen molar-refractivity contribution in [1.82, 2.24) is 10.3 Å². The van der Waals surface area contributed by atoms with Crippen LogP contribution in [0.4, 0.5) is 0 Å². The van der Waals surface area contributed by atoms with Gasteiger partial charge in [-0.15, -0.1) is 11.3 Å². The van der Waals surface area contributed by atoms with Crippen LogP contribution in [-0.2, 0) is 21.8 Å². The van der Waals surface area contributed by atoms with Crippen LogP contribution < -0.4 is 5.32 Å². The number of nitrogens with zero attached hydrogens (tertiary/aromatic N) is 1. The van der Waals surface area contributed by atoms with Crippen LogP contribution in [0.25, 0.3) is 0 Å². The van der Waals surface area contributed by atoms with Crippen molar-refractivity contribution in [2.45, 2.75) is 32.2 Å². The Labute approximate surface area is 106 Å². The summed E-state index contributed by atoms with van der Waals surface area (Å²) in [7, 11) is -1.10. The molecular weight excluding hydrogens is 256 g/mol. The summed E-state index contributed by atoms with van der Waals surface area (Å²) in [6.45, 7) is 4.12. The Kier molecular flexibility index (Phi) is 3.31. The summed E-state index contributed by atoms with van der Waals surface area (Å²) in [5, 5.41) is 4.11. The van der Waals surface area contributed by atoms with Gasteiger partial charge in [0.2, 0.25) is 0 Å². The van der Waals surface area contributed by atoms with E-state index in [0.717, 1.165) is 17.1 Å². The lowest BCUT2D eigenvalue weighted by molar-refractivity contribution is 0.407. The molecule has 0 aliphatic carbocycles. The van der Waals surface area contributed by atoms with Crippen LogP contribution in [0.15, 0.2) is 0 Å². The van der Waals surface area contributed by atoms with Crippen LogP contribution in [0, 0.1) is 6.92 Å². The molecule has 0 radical (unpaired) electrons. The van der Waals surface area contributed by atoms with Crippen molar-refractivity contribution >= 4 is 21.2 Å². The van der Waals surface area contributed by atoms with Gasteiger partial charge >= 0.3 is 0 Å². The average molecular weight is 274 g/mol. The number of thiazole rings is 1. The number of sulfone groups is 1. The lowest BCUT2D eigenvalue weighted by atomic mass is 10.0. The van der Waals surface area contributed by atoms with E-state index in [1.54, 1.807) is 11.3 Å². The van der Waals surface area contributed by atoms with E-state index in [-0.39, 0.29) is 11.5 Å². The van der Waals surface area contributed by atoms with Gasteiger partial charge in [0.15, 0.2) is 9.84 Å². The third-order valence-corrected chi connectivity index (χ3v) is 6.40. The third-order valence-electron chi connectivity index (χ3n) is 3.42. The summed E-state index contributed by atoms with van der Waals surface area (Å²) in [6, 6.07) is 0. The summed E-state index contributed by atoms with van der Waals surface area (Å²) in [5.41, 5.74) is 0.630. The van der Waals surface area contributed by atoms with Crippen molar-refractivity contribution in [2.24, 2.45) is 0 Å². The summed E-state index contributed by atoms with van der Waals surface area (Å²) < 4.78 is 23.4. The van der Waals surface area contributed by atoms with E-state index in [1.165, 1.54) is 4.88 Å². The summed E-state index contributed by atoms with van der Waals surface area (Å²) in [6.07, 6.45) is 1.52. The van der Waals surface area contributed by atoms with Crippen LogP contribution >= 0.6 is 11.3 Å². The first-order valence-electron chi connectivity index (χ1n) is 5.78. The van der Waals surface area contributed by atoms with E-state index >= 15 is 0 Å². The zero-order valence-electron chi connectivity index (χ0n) is 10.4. The van der Waals surface area contributed by atoms with Crippen LogP contribution in [-0.4, -0.2) is 32.0 Å². The minimum atomic E-state index is -2.92. The quantitative estimate of drug-likeness (QED) is 0.901. The maximum atomic E-state index is 11.7. The van der Waals surface area contributed by atoms with Crippen molar-refractivity contribution in [2.75, 3.05) is 18.6 Å². The predicted molar refractivity (Wildman–Crippen MR) is 70.2 cm³/mol. The van der Waals surface area contributed by atoms with Crippen LogP contribution in [0.2, 0.25) is 0 Å². The Morgan fingerprint density at radius 3 is 2.65 bits per heavy atom. The molecule has 0 aromatic carbocycles. The Bertz CT molecular complexity index is 522. The molecule has 1 N–H and O–H groups in total. The van der Waals surface area contributed by atoms with Gasteiger partial charge in [-0.2, -0.15) is 0 Å². The van der Waals surface area contributed by atoms with Gasteiger partial charge in [-0.3, -0.25) is 0 Å². The molecule has 1 aliphatic rings. The number of nitrogens with one attached hydrogen (secondary N) is 1. The fourth-order valence-corrected chi connectivity index (χ4v) is 5.58. The molecule has 0 bridgehead atoms.